The molecule has 0 saturated heterocycles. The third kappa shape index (κ3) is 2.17. The van der Waals surface area contributed by atoms with Gasteiger partial charge in [0, 0.05) is 15.7 Å². The number of nitro benzene ring substituents is 1. The summed E-state index contributed by atoms with van der Waals surface area (Å²) >= 11 is 1.90. The molecule has 0 aliphatic carbocycles. The second kappa shape index (κ2) is 4.33. The van der Waals surface area contributed by atoms with Gasteiger partial charge in [-0.2, -0.15) is 0 Å². The van der Waals surface area contributed by atoms with E-state index in [1.807, 2.05) is 28.0 Å². The number of benzene rings is 1. The molecule has 1 aromatic carbocycles. The molecule has 14 heavy (non-hydrogen) atoms. The molecule has 1 amide bonds. The standard InChI is InChI=1S/C7H6IN3O3/c8-6-2-1-4(11(13)14)3-5(6)7(12)10-9/h1-3H,9H2,(H,10,12). The van der Waals surface area contributed by atoms with Gasteiger partial charge in [-0.3, -0.25) is 20.3 Å². The molecule has 6 nitrogen and oxygen atoms in total. The maximum atomic E-state index is 11.1. The number of nitrogens with zero attached hydrogens (tertiary/aromatic N) is 1. The summed E-state index contributed by atoms with van der Waals surface area (Å²) in [5, 5.41) is 10.4. The Bertz CT molecular complexity index is 394. The molecular formula is C7H6IN3O3. The summed E-state index contributed by atoms with van der Waals surface area (Å²) in [6.07, 6.45) is 0. The number of halogens is 1. The van der Waals surface area contributed by atoms with E-state index in [9.17, 15) is 14.9 Å². The van der Waals surface area contributed by atoms with Crippen molar-refractivity contribution in [2.45, 2.75) is 0 Å². The van der Waals surface area contributed by atoms with Crippen LogP contribution in [0.2, 0.25) is 0 Å². The number of hydrogen-bond donors (Lipinski definition) is 2. The fourth-order valence-corrected chi connectivity index (χ4v) is 1.46. The second-order valence-corrected chi connectivity index (χ2v) is 3.56. The quantitative estimate of drug-likeness (QED) is 0.278. The van der Waals surface area contributed by atoms with Crippen LogP contribution in [0.4, 0.5) is 5.69 Å². The fourth-order valence-electron chi connectivity index (χ4n) is 0.879. The SMILES string of the molecule is NNC(=O)c1cc([N+](=O)[O-])ccc1I. The first kappa shape index (κ1) is 10.9. The lowest BCUT2D eigenvalue weighted by Crippen LogP contribution is -2.30. The summed E-state index contributed by atoms with van der Waals surface area (Å²) < 4.78 is 0.608. The van der Waals surface area contributed by atoms with Gasteiger partial charge >= 0.3 is 0 Å². The number of nitrogens with two attached hydrogens (primary N) is 1. The predicted molar refractivity (Wildman–Crippen MR) is 57.5 cm³/mol. The number of amides is 1. The molecule has 1 rings (SSSR count). The van der Waals surface area contributed by atoms with Crippen molar-refractivity contribution in [2.24, 2.45) is 5.84 Å². The van der Waals surface area contributed by atoms with Crippen LogP contribution in [0.3, 0.4) is 0 Å². The second-order valence-electron chi connectivity index (χ2n) is 2.39. The van der Waals surface area contributed by atoms with Crippen LogP contribution in [0.25, 0.3) is 0 Å². The van der Waals surface area contributed by atoms with E-state index in [2.05, 4.69) is 0 Å². The molecule has 0 aliphatic heterocycles. The van der Waals surface area contributed by atoms with Gasteiger partial charge in [-0.15, -0.1) is 0 Å². The highest BCUT2D eigenvalue weighted by atomic mass is 127. The van der Waals surface area contributed by atoms with Crippen LogP contribution >= 0.6 is 22.6 Å². The topological polar surface area (TPSA) is 98.3 Å². The molecule has 0 saturated carbocycles. The molecule has 0 aliphatic rings. The van der Waals surface area contributed by atoms with Crippen LogP contribution in [-0.4, -0.2) is 10.8 Å². The molecule has 74 valence electrons. The van der Waals surface area contributed by atoms with Gasteiger partial charge in [-0.1, -0.05) is 0 Å². The lowest BCUT2D eigenvalue weighted by Gasteiger charge is -2.01. The molecule has 0 fully saturated rings. The van der Waals surface area contributed by atoms with Gasteiger partial charge in [0.05, 0.1) is 10.5 Å². The summed E-state index contributed by atoms with van der Waals surface area (Å²) in [6.45, 7) is 0. The van der Waals surface area contributed by atoms with Crippen molar-refractivity contribution in [1.82, 2.24) is 5.43 Å². The van der Waals surface area contributed by atoms with Gasteiger partial charge in [0.15, 0.2) is 0 Å². The third-order valence-corrected chi connectivity index (χ3v) is 2.48. The lowest BCUT2D eigenvalue weighted by molar-refractivity contribution is -0.384. The highest BCUT2D eigenvalue weighted by Gasteiger charge is 2.14. The summed E-state index contributed by atoms with van der Waals surface area (Å²) in [4.78, 5) is 21.0. The van der Waals surface area contributed by atoms with E-state index in [4.69, 9.17) is 5.84 Å². The first-order chi connectivity index (χ1) is 6.56. The number of non-ortho nitro benzene ring substituents is 1. The summed E-state index contributed by atoms with van der Waals surface area (Å²) in [6, 6.07) is 4.00. The average Bonchev–Trinajstić information content (AvgIpc) is 2.17. The Kier molecular flexibility index (Phi) is 3.36. The van der Waals surface area contributed by atoms with Crippen molar-refractivity contribution in [3.05, 3.63) is 37.4 Å². The Labute approximate surface area is 92.7 Å². The third-order valence-electron chi connectivity index (χ3n) is 1.54. The Balaban J connectivity index is 3.21. The highest BCUT2D eigenvalue weighted by molar-refractivity contribution is 14.1. The number of rotatable bonds is 2. The first-order valence-electron chi connectivity index (χ1n) is 3.51. The molecule has 0 unspecified atom stereocenters. The van der Waals surface area contributed by atoms with Crippen LogP contribution in [0, 0.1) is 13.7 Å². The van der Waals surface area contributed by atoms with Crippen molar-refractivity contribution in [3.8, 4) is 0 Å². The van der Waals surface area contributed by atoms with Crippen molar-refractivity contribution in [1.29, 1.82) is 0 Å². The van der Waals surface area contributed by atoms with Crippen LogP contribution in [0.5, 0.6) is 0 Å². The number of hydrogen-bond acceptors (Lipinski definition) is 4. The number of hydrazine groups is 1. The molecule has 3 N–H and O–H groups in total. The molecule has 7 heteroatoms. The largest absolute Gasteiger partial charge is 0.290 e. The molecule has 0 bridgehead atoms. The van der Waals surface area contributed by atoms with Crippen LogP contribution in [0.15, 0.2) is 18.2 Å². The van der Waals surface area contributed by atoms with Crippen molar-refractivity contribution in [3.63, 3.8) is 0 Å². The zero-order valence-corrected chi connectivity index (χ0v) is 9.02. The van der Waals surface area contributed by atoms with Gasteiger partial charge in [0.1, 0.15) is 0 Å². The molecule has 0 radical (unpaired) electrons. The van der Waals surface area contributed by atoms with Gasteiger partial charge in [0.2, 0.25) is 0 Å². The maximum absolute atomic E-state index is 11.1. The number of nitrogen functional groups attached to an aromatic ring is 1. The van der Waals surface area contributed by atoms with E-state index in [1.54, 1.807) is 0 Å². The van der Waals surface area contributed by atoms with Gasteiger partial charge in [-0.25, -0.2) is 5.84 Å². The smallest absolute Gasteiger partial charge is 0.270 e. The van der Waals surface area contributed by atoms with Crippen LogP contribution in [-0.2, 0) is 0 Å². The molecule has 0 spiro atoms. The minimum absolute atomic E-state index is 0.135. The first-order valence-corrected chi connectivity index (χ1v) is 4.59. The molecule has 0 heterocycles. The van der Waals surface area contributed by atoms with Gasteiger partial charge < -0.3 is 0 Å². The van der Waals surface area contributed by atoms with E-state index in [0.29, 0.717) is 3.57 Å². The monoisotopic (exact) mass is 307 g/mol. The average molecular weight is 307 g/mol. The molecule has 0 atom stereocenters. The number of carbonyl (C=O) groups excluding carboxylic acids is 1. The van der Waals surface area contributed by atoms with E-state index in [-0.39, 0.29) is 11.3 Å². The van der Waals surface area contributed by atoms with Crippen molar-refractivity contribution >= 4 is 34.2 Å². The van der Waals surface area contributed by atoms with Crippen molar-refractivity contribution < 1.29 is 9.72 Å². The Morgan fingerprint density at radius 3 is 2.71 bits per heavy atom. The highest BCUT2D eigenvalue weighted by Crippen LogP contribution is 2.19. The minimum atomic E-state index is -0.566. The van der Waals surface area contributed by atoms with Crippen LogP contribution < -0.4 is 11.3 Å². The van der Waals surface area contributed by atoms with E-state index in [0.717, 1.165) is 0 Å². The van der Waals surface area contributed by atoms with E-state index >= 15 is 0 Å². The Hall–Kier alpha value is -1.22. The molecular weight excluding hydrogens is 301 g/mol. The van der Waals surface area contributed by atoms with Crippen molar-refractivity contribution in [2.75, 3.05) is 0 Å². The summed E-state index contributed by atoms with van der Waals surface area (Å²) in [5.41, 5.74) is 1.98. The maximum Gasteiger partial charge on any atom is 0.270 e. The zero-order chi connectivity index (χ0) is 10.7. The normalized spacial score (nSPS) is 9.57. The van der Waals surface area contributed by atoms with Gasteiger partial charge in [0.25, 0.3) is 11.6 Å². The number of nitro groups is 1. The zero-order valence-electron chi connectivity index (χ0n) is 6.86. The lowest BCUT2D eigenvalue weighted by atomic mass is 10.2. The Morgan fingerprint density at radius 2 is 2.21 bits per heavy atom. The van der Waals surface area contributed by atoms with Crippen LogP contribution in [0.1, 0.15) is 10.4 Å². The fraction of sp³-hybridized carbons (Fsp3) is 0. The van der Waals surface area contributed by atoms with Gasteiger partial charge in [-0.05, 0) is 28.7 Å². The number of carbonyl (C=O) groups is 1. The van der Waals surface area contributed by atoms with E-state index < -0.39 is 10.8 Å². The predicted octanol–water partition coefficient (Wildman–Crippen LogP) is 0.803. The minimum Gasteiger partial charge on any atom is -0.290 e. The van der Waals surface area contributed by atoms with E-state index in [1.165, 1.54) is 18.2 Å². The summed E-state index contributed by atoms with van der Waals surface area (Å²) in [5.74, 6) is 4.38. The molecule has 1 aromatic rings. The number of nitrogens with one attached hydrogen (secondary N) is 1. The molecule has 0 aromatic heterocycles. The Morgan fingerprint density at radius 1 is 1.57 bits per heavy atom. The summed E-state index contributed by atoms with van der Waals surface area (Å²) in [7, 11) is 0.